The maximum absolute atomic E-state index is 13.2. The highest BCUT2D eigenvalue weighted by Gasteiger charge is 2.21. The maximum Gasteiger partial charge on any atom is 0.336 e. The SMILES string of the molecule is O=C(O)c1cc(C2CCCN2)nc2ccc(F)cc12. The summed E-state index contributed by atoms with van der Waals surface area (Å²) < 4.78 is 13.2. The Kier molecular flexibility index (Phi) is 2.91. The van der Waals surface area contributed by atoms with Gasteiger partial charge in [-0.25, -0.2) is 9.18 Å². The zero-order valence-electron chi connectivity index (χ0n) is 10.2. The molecule has 0 spiro atoms. The van der Waals surface area contributed by atoms with E-state index in [-0.39, 0.29) is 11.6 Å². The smallest absolute Gasteiger partial charge is 0.336 e. The third-order valence-electron chi connectivity index (χ3n) is 3.44. The van der Waals surface area contributed by atoms with Crippen molar-refractivity contribution in [2.45, 2.75) is 18.9 Å². The highest BCUT2D eigenvalue weighted by atomic mass is 19.1. The van der Waals surface area contributed by atoms with Gasteiger partial charge in [0, 0.05) is 11.4 Å². The Bertz CT molecular complexity index is 651. The van der Waals surface area contributed by atoms with Gasteiger partial charge in [0.15, 0.2) is 0 Å². The van der Waals surface area contributed by atoms with Gasteiger partial charge < -0.3 is 10.4 Å². The van der Waals surface area contributed by atoms with Gasteiger partial charge in [-0.2, -0.15) is 0 Å². The molecule has 2 N–H and O–H groups in total. The number of aromatic nitrogens is 1. The number of carboxylic acids is 1. The first-order valence-electron chi connectivity index (χ1n) is 6.22. The number of pyridine rings is 1. The number of nitrogens with zero attached hydrogens (tertiary/aromatic N) is 1. The number of hydrogen-bond donors (Lipinski definition) is 2. The molecule has 0 bridgehead atoms. The quantitative estimate of drug-likeness (QED) is 0.870. The van der Waals surface area contributed by atoms with Gasteiger partial charge in [0.2, 0.25) is 0 Å². The van der Waals surface area contributed by atoms with E-state index in [1.165, 1.54) is 18.2 Å². The summed E-state index contributed by atoms with van der Waals surface area (Å²) >= 11 is 0. The van der Waals surface area contributed by atoms with E-state index >= 15 is 0 Å². The standard InChI is InChI=1S/C14H13FN2O2/c15-8-3-4-11-9(6-8)10(14(18)19)7-13(17-11)12-2-1-5-16-12/h3-4,6-7,12,16H,1-2,5H2,(H,18,19). The van der Waals surface area contributed by atoms with Crippen LogP contribution in [-0.2, 0) is 0 Å². The lowest BCUT2D eigenvalue weighted by Gasteiger charge is -2.12. The molecular formula is C14H13FN2O2. The zero-order valence-corrected chi connectivity index (χ0v) is 10.2. The van der Waals surface area contributed by atoms with E-state index in [9.17, 15) is 14.3 Å². The Morgan fingerprint density at radius 1 is 1.42 bits per heavy atom. The molecule has 19 heavy (non-hydrogen) atoms. The first-order valence-corrected chi connectivity index (χ1v) is 6.22. The summed E-state index contributed by atoms with van der Waals surface area (Å²) in [7, 11) is 0. The molecule has 1 aromatic heterocycles. The maximum atomic E-state index is 13.2. The van der Waals surface area contributed by atoms with Crippen molar-refractivity contribution in [1.82, 2.24) is 10.3 Å². The van der Waals surface area contributed by atoms with E-state index in [0.29, 0.717) is 16.6 Å². The monoisotopic (exact) mass is 260 g/mol. The van der Waals surface area contributed by atoms with Gasteiger partial charge in [-0.1, -0.05) is 0 Å². The van der Waals surface area contributed by atoms with Crippen LogP contribution in [0.15, 0.2) is 24.3 Å². The van der Waals surface area contributed by atoms with Crippen LogP contribution >= 0.6 is 0 Å². The van der Waals surface area contributed by atoms with E-state index in [1.54, 1.807) is 6.07 Å². The van der Waals surface area contributed by atoms with Crippen LogP contribution in [0.4, 0.5) is 4.39 Å². The van der Waals surface area contributed by atoms with Crippen LogP contribution in [0.1, 0.15) is 34.9 Å². The fraction of sp³-hybridized carbons (Fsp3) is 0.286. The van der Waals surface area contributed by atoms with E-state index in [1.807, 2.05) is 0 Å². The van der Waals surface area contributed by atoms with Crippen molar-refractivity contribution in [1.29, 1.82) is 0 Å². The van der Waals surface area contributed by atoms with E-state index in [4.69, 9.17) is 0 Å². The third-order valence-corrected chi connectivity index (χ3v) is 3.44. The Labute approximate surface area is 109 Å². The van der Waals surface area contributed by atoms with Crippen molar-refractivity contribution in [2.75, 3.05) is 6.54 Å². The number of halogens is 1. The third kappa shape index (κ3) is 2.17. The van der Waals surface area contributed by atoms with E-state index in [0.717, 1.165) is 19.4 Å². The van der Waals surface area contributed by atoms with Crippen molar-refractivity contribution in [3.05, 3.63) is 41.3 Å². The summed E-state index contributed by atoms with van der Waals surface area (Å²) in [6, 6.07) is 5.68. The zero-order chi connectivity index (χ0) is 13.4. The number of fused-ring (bicyclic) bond motifs is 1. The van der Waals surface area contributed by atoms with Crippen LogP contribution in [-0.4, -0.2) is 22.6 Å². The van der Waals surface area contributed by atoms with Gasteiger partial charge in [0.25, 0.3) is 0 Å². The number of carbonyl (C=O) groups is 1. The summed E-state index contributed by atoms with van der Waals surface area (Å²) in [6.07, 6.45) is 2.00. The molecule has 2 aromatic rings. The van der Waals surface area contributed by atoms with Crippen LogP contribution < -0.4 is 5.32 Å². The molecule has 1 atom stereocenters. The van der Waals surface area contributed by atoms with Gasteiger partial charge in [-0.05, 0) is 43.7 Å². The molecule has 5 heteroatoms. The highest BCUT2D eigenvalue weighted by Crippen LogP contribution is 2.26. The molecule has 1 unspecified atom stereocenters. The molecule has 1 fully saturated rings. The first kappa shape index (κ1) is 12.0. The van der Waals surface area contributed by atoms with E-state index < -0.39 is 11.8 Å². The minimum absolute atomic E-state index is 0.0903. The lowest BCUT2D eigenvalue weighted by Crippen LogP contribution is -2.15. The van der Waals surface area contributed by atoms with Crippen LogP contribution in [0.3, 0.4) is 0 Å². The molecule has 1 aromatic carbocycles. The van der Waals surface area contributed by atoms with Crippen LogP contribution in [0.2, 0.25) is 0 Å². The van der Waals surface area contributed by atoms with Gasteiger partial charge in [0.1, 0.15) is 5.82 Å². The fourth-order valence-corrected chi connectivity index (χ4v) is 2.51. The van der Waals surface area contributed by atoms with Gasteiger partial charge in [-0.15, -0.1) is 0 Å². The lowest BCUT2D eigenvalue weighted by atomic mass is 10.0. The molecule has 4 nitrogen and oxygen atoms in total. The largest absolute Gasteiger partial charge is 0.478 e. The Morgan fingerprint density at radius 3 is 2.95 bits per heavy atom. The molecule has 0 amide bonds. The van der Waals surface area contributed by atoms with Crippen molar-refractivity contribution >= 4 is 16.9 Å². The van der Waals surface area contributed by atoms with Crippen molar-refractivity contribution in [2.24, 2.45) is 0 Å². The van der Waals surface area contributed by atoms with Gasteiger partial charge >= 0.3 is 5.97 Å². The predicted octanol–water partition coefficient (Wildman–Crippen LogP) is 2.50. The summed E-state index contributed by atoms with van der Waals surface area (Å²) in [4.78, 5) is 15.8. The summed E-state index contributed by atoms with van der Waals surface area (Å²) in [5.41, 5.74) is 1.34. The van der Waals surface area contributed by atoms with Crippen LogP contribution in [0.5, 0.6) is 0 Å². The predicted molar refractivity (Wildman–Crippen MR) is 68.6 cm³/mol. The van der Waals surface area contributed by atoms with Gasteiger partial charge in [0.05, 0.1) is 16.8 Å². The minimum Gasteiger partial charge on any atom is -0.478 e. The Hall–Kier alpha value is -2.01. The number of hydrogen-bond acceptors (Lipinski definition) is 3. The van der Waals surface area contributed by atoms with Crippen LogP contribution in [0, 0.1) is 5.82 Å². The number of aromatic carboxylic acids is 1. The van der Waals surface area contributed by atoms with Crippen molar-refractivity contribution in [3.63, 3.8) is 0 Å². The number of nitrogens with one attached hydrogen (secondary N) is 1. The number of carboxylic acid groups (broad SMARTS) is 1. The molecule has 2 heterocycles. The summed E-state index contributed by atoms with van der Waals surface area (Å²) in [6.45, 7) is 0.913. The molecule has 0 saturated carbocycles. The van der Waals surface area contributed by atoms with Crippen LogP contribution in [0.25, 0.3) is 10.9 Å². The second-order valence-electron chi connectivity index (χ2n) is 4.71. The van der Waals surface area contributed by atoms with Crippen molar-refractivity contribution < 1.29 is 14.3 Å². The molecule has 1 aliphatic heterocycles. The second kappa shape index (κ2) is 4.59. The fourth-order valence-electron chi connectivity index (χ4n) is 2.51. The number of rotatable bonds is 2. The average molecular weight is 260 g/mol. The molecule has 0 radical (unpaired) electrons. The molecule has 1 saturated heterocycles. The topological polar surface area (TPSA) is 62.2 Å². The molecule has 0 aliphatic carbocycles. The average Bonchev–Trinajstić information content (AvgIpc) is 2.91. The molecular weight excluding hydrogens is 247 g/mol. The van der Waals surface area contributed by atoms with E-state index in [2.05, 4.69) is 10.3 Å². The lowest BCUT2D eigenvalue weighted by molar-refractivity contribution is 0.0699. The molecule has 1 aliphatic rings. The van der Waals surface area contributed by atoms with Gasteiger partial charge in [-0.3, -0.25) is 4.98 Å². The summed E-state index contributed by atoms with van der Waals surface area (Å²) in [5.74, 6) is -1.51. The first-order chi connectivity index (χ1) is 9.15. The summed E-state index contributed by atoms with van der Waals surface area (Å²) in [5, 5.41) is 12.9. The molecule has 98 valence electrons. The highest BCUT2D eigenvalue weighted by molar-refractivity contribution is 6.02. The minimum atomic E-state index is -1.06. The second-order valence-corrected chi connectivity index (χ2v) is 4.71. The Morgan fingerprint density at radius 2 is 2.26 bits per heavy atom. The van der Waals surface area contributed by atoms with Crippen molar-refractivity contribution in [3.8, 4) is 0 Å². The number of benzene rings is 1. The Balaban J connectivity index is 2.21. The normalized spacial score (nSPS) is 18.9. The molecule has 3 rings (SSSR count).